The molecule has 178 valence electrons. The molecule has 7 nitrogen and oxygen atoms in total. The van der Waals surface area contributed by atoms with Crippen molar-refractivity contribution in [3.05, 3.63) is 77.2 Å². The Hall–Kier alpha value is -3.20. The molecule has 0 spiro atoms. The summed E-state index contributed by atoms with van der Waals surface area (Å²) in [5, 5.41) is 6.82. The number of hydrogen-bond acceptors (Lipinski definition) is 6. The minimum absolute atomic E-state index is 0.0326. The third-order valence-electron chi connectivity index (χ3n) is 5.85. The van der Waals surface area contributed by atoms with Crippen molar-refractivity contribution in [3.63, 3.8) is 0 Å². The summed E-state index contributed by atoms with van der Waals surface area (Å²) in [6, 6.07) is 14.1. The van der Waals surface area contributed by atoms with Crippen LogP contribution >= 0.6 is 11.8 Å². The highest BCUT2D eigenvalue weighted by Gasteiger charge is 2.28. The van der Waals surface area contributed by atoms with Crippen LogP contribution in [-0.2, 0) is 17.0 Å². The molecule has 1 saturated heterocycles. The van der Waals surface area contributed by atoms with E-state index in [9.17, 15) is 14.0 Å². The molecule has 3 aromatic rings. The van der Waals surface area contributed by atoms with Crippen molar-refractivity contribution in [1.82, 2.24) is 20.4 Å². The molecule has 1 aromatic heterocycles. The quantitative estimate of drug-likeness (QED) is 0.488. The van der Waals surface area contributed by atoms with Crippen LogP contribution in [0.1, 0.15) is 40.5 Å². The van der Waals surface area contributed by atoms with E-state index in [1.165, 1.54) is 17.8 Å². The van der Waals surface area contributed by atoms with Crippen LogP contribution in [0.15, 0.2) is 57.9 Å². The number of carbonyl (C=O) groups excluding carboxylic acids is 2. The highest BCUT2D eigenvalue weighted by molar-refractivity contribution is 7.98. The molecule has 34 heavy (non-hydrogen) atoms. The lowest BCUT2D eigenvalue weighted by atomic mass is 9.95. The molecular weight excluding hydrogens is 455 g/mol. The molecule has 0 bridgehead atoms. The highest BCUT2D eigenvalue weighted by Crippen LogP contribution is 2.28. The minimum atomic E-state index is -0.255. The topological polar surface area (TPSA) is 88.3 Å². The number of nitrogens with one attached hydrogen (secondary N) is 1. The lowest BCUT2D eigenvalue weighted by Gasteiger charge is -2.31. The van der Waals surface area contributed by atoms with Crippen LogP contribution in [0.5, 0.6) is 0 Å². The van der Waals surface area contributed by atoms with Crippen molar-refractivity contribution in [1.29, 1.82) is 0 Å². The fourth-order valence-corrected chi connectivity index (χ4v) is 4.88. The van der Waals surface area contributed by atoms with E-state index >= 15 is 0 Å². The average Bonchev–Trinajstić information content (AvgIpc) is 3.28. The first-order valence-electron chi connectivity index (χ1n) is 11.3. The van der Waals surface area contributed by atoms with Gasteiger partial charge in [-0.1, -0.05) is 35.5 Å². The van der Waals surface area contributed by atoms with Gasteiger partial charge in [0.25, 0.3) is 5.91 Å². The lowest BCUT2D eigenvalue weighted by Crippen LogP contribution is -2.43. The molecular formula is C25H27FN4O3S. The van der Waals surface area contributed by atoms with E-state index in [-0.39, 0.29) is 23.5 Å². The van der Waals surface area contributed by atoms with Crippen LogP contribution in [0.3, 0.4) is 0 Å². The molecule has 2 aromatic carbocycles. The van der Waals surface area contributed by atoms with E-state index in [2.05, 4.69) is 15.5 Å². The molecule has 0 aliphatic carbocycles. The number of likely N-dealkylation sites (tertiary alicyclic amines) is 1. The maximum absolute atomic E-state index is 13.7. The zero-order valence-corrected chi connectivity index (χ0v) is 19.8. The molecule has 1 aliphatic rings. The third-order valence-corrected chi connectivity index (χ3v) is 6.92. The normalized spacial score (nSPS) is 14.2. The lowest BCUT2D eigenvalue weighted by molar-refractivity contribution is -0.126. The fourth-order valence-electron chi connectivity index (χ4n) is 3.99. The maximum atomic E-state index is 13.7. The summed E-state index contributed by atoms with van der Waals surface area (Å²) in [4.78, 5) is 32.6. The number of nitrogens with zero attached hydrogens (tertiary/aromatic N) is 3. The summed E-state index contributed by atoms with van der Waals surface area (Å²) in [6.45, 7) is 3.18. The van der Waals surface area contributed by atoms with Crippen LogP contribution in [0.25, 0.3) is 0 Å². The van der Waals surface area contributed by atoms with Gasteiger partial charge in [-0.2, -0.15) is 4.98 Å². The van der Waals surface area contributed by atoms with Gasteiger partial charge in [-0.25, -0.2) is 4.39 Å². The number of aryl methyl sites for hydroxylation is 1. The van der Waals surface area contributed by atoms with Gasteiger partial charge in [-0.15, -0.1) is 11.8 Å². The first kappa shape index (κ1) is 23.9. The number of amides is 2. The average molecular weight is 483 g/mol. The number of hydrogen-bond donors (Lipinski definition) is 1. The van der Waals surface area contributed by atoms with Crippen LogP contribution in [0, 0.1) is 18.7 Å². The van der Waals surface area contributed by atoms with Gasteiger partial charge in [-0.05, 0) is 43.0 Å². The summed E-state index contributed by atoms with van der Waals surface area (Å²) >= 11 is 1.50. The van der Waals surface area contributed by atoms with E-state index in [1.54, 1.807) is 30.0 Å². The first-order valence-corrected chi connectivity index (χ1v) is 12.3. The van der Waals surface area contributed by atoms with Gasteiger partial charge in [0.15, 0.2) is 5.82 Å². The molecule has 0 unspecified atom stereocenters. The van der Waals surface area contributed by atoms with Gasteiger partial charge in [0.1, 0.15) is 5.82 Å². The second kappa shape index (κ2) is 11.3. The molecule has 1 fully saturated rings. The van der Waals surface area contributed by atoms with Crippen LogP contribution < -0.4 is 5.32 Å². The maximum Gasteiger partial charge on any atom is 0.254 e. The van der Waals surface area contributed by atoms with Crippen LogP contribution in [0.4, 0.5) is 4.39 Å². The summed E-state index contributed by atoms with van der Waals surface area (Å²) in [5.41, 5.74) is 1.23. The molecule has 2 amide bonds. The monoisotopic (exact) mass is 482 g/mol. The molecule has 0 radical (unpaired) electrons. The standard InChI is InChI=1S/C25H27FN4O3S/c1-17-28-23(29-33-17)16-34-22-9-5-3-7-20(22)25(32)30-14-11-19(12-15-30)24(31)27-13-10-18-6-2-4-8-21(18)26/h2-9,19H,10-16H2,1H3,(H,27,31). The molecule has 0 saturated carbocycles. The van der Waals surface area contributed by atoms with E-state index in [0.29, 0.717) is 67.5 Å². The van der Waals surface area contributed by atoms with Gasteiger partial charge in [0.05, 0.1) is 11.3 Å². The Balaban J connectivity index is 1.27. The number of halogens is 1. The van der Waals surface area contributed by atoms with E-state index in [0.717, 1.165) is 4.90 Å². The number of benzene rings is 2. The Morgan fingerprint density at radius 3 is 2.62 bits per heavy atom. The van der Waals surface area contributed by atoms with Crippen molar-refractivity contribution < 1.29 is 18.5 Å². The summed E-state index contributed by atoms with van der Waals surface area (Å²) in [5.74, 6) is 1.15. The number of carbonyl (C=O) groups is 2. The van der Waals surface area contributed by atoms with Crippen LogP contribution in [-0.4, -0.2) is 46.5 Å². The molecule has 9 heteroatoms. The van der Waals surface area contributed by atoms with E-state index in [1.807, 2.05) is 24.3 Å². The van der Waals surface area contributed by atoms with Crippen molar-refractivity contribution in [2.75, 3.05) is 19.6 Å². The highest BCUT2D eigenvalue weighted by atomic mass is 32.2. The molecule has 4 rings (SSSR count). The van der Waals surface area contributed by atoms with Gasteiger partial charge in [-0.3, -0.25) is 9.59 Å². The molecule has 2 heterocycles. The number of thioether (sulfide) groups is 1. The van der Waals surface area contributed by atoms with Crippen molar-refractivity contribution >= 4 is 23.6 Å². The van der Waals surface area contributed by atoms with Gasteiger partial charge in [0.2, 0.25) is 11.8 Å². The summed E-state index contributed by atoms with van der Waals surface area (Å²) in [7, 11) is 0. The Labute approximate surface area is 202 Å². The first-order chi connectivity index (χ1) is 16.5. The predicted octanol–water partition coefficient (Wildman–Crippen LogP) is 4.02. The Kier molecular flexibility index (Phi) is 7.95. The predicted molar refractivity (Wildman–Crippen MR) is 127 cm³/mol. The van der Waals surface area contributed by atoms with Gasteiger partial charge < -0.3 is 14.7 Å². The second-order valence-corrected chi connectivity index (χ2v) is 9.23. The largest absolute Gasteiger partial charge is 0.356 e. The van der Waals surface area contributed by atoms with Crippen molar-refractivity contribution in [2.24, 2.45) is 5.92 Å². The number of rotatable bonds is 8. The Morgan fingerprint density at radius 1 is 1.15 bits per heavy atom. The smallest absolute Gasteiger partial charge is 0.254 e. The summed E-state index contributed by atoms with van der Waals surface area (Å²) < 4.78 is 18.7. The SMILES string of the molecule is Cc1nc(CSc2ccccc2C(=O)N2CCC(C(=O)NCCc3ccccc3F)CC2)no1. The van der Waals surface area contributed by atoms with Gasteiger partial charge in [0, 0.05) is 37.4 Å². The summed E-state index contributed by atoms with van der Waals surface area (Å²) in [6.07, 6.45) is 1.66. The van der Waals surface area contributed by atoms with Gasteiger partial charge >= 0.3 is 0 Å². The Bertz CT molecular complexity index is 1140. The zero-order chi connectivity index (χ0) is 23.9. The van der Waals surface area contributed by atoms with Crippen molar-refractivity contribution in [2.45, 2.75) is 36.8 Å². The van der Waals surface area contributed by atoms with Crippen molar-refractivity contribution in [3.8, 4) is 0 Å². The molecule has 0 atom stereocenters. The molecule has 1 N–H and O–H groups in total. The minimum Gasteiger partial charge on any atom is -0.356 e. The second-order valence-electron chi connectivity index (χ2n) is 8.21. The van der Waals surface area contributed by atoms with Crippen LogP contribution in [0.2, 0.25) is 0 Å². The Morgan fingerprint density at radius 2 is 1.88 bits per heavy atom. The number of aromatic nitrogens is 2. The number of piperidine rings is 1. The fraction of sp³-hybridized carbons (Fsp3) is 0.360. The van der Waals surface area contributed by atoms with E-state index in [4.69, 9.17) is 4.52 Å². The zero-order valence-electron chi connectivity index (χ0n) is 19.0. The van der Waals surface area contributed by atoms with E-state index < -0.39 is 0 Å². The third kappa shape index (κ3) is 6.02. The molecule has 1 aliphatic heterocycles.